The van der Waals surface area contributed by atoms with Crippen molar-refractivity contribution in [3.8, 4) is 5.75 Å². The molecular weight excluding hydrogens is 219 g/mol. The molecule has 1 saturated carbocycles. The summed E-state index contributed by atoms with van der Waals surface area (Å²) in [6.07, 6.45) is 1.85. The van der Waals surface area contributed by atoms with E-state index in [0.29, 0.717) is 12.5 Å². The zero-order valence-electron chi connectivity index (χ0n) is 10.0. The molecule has 0 spiro atoms. The first-order valence-corrected chi connectivity index (χ1v) is 6.05. The Balaban J connectivity index is 2.08. The van der Waals surface area contributed by atoms with Crippen molar-refractivity contribution in [1.82, 2.24) is 0 Å². The Morgan fingerprint density at radius 2 is 2.18 bits per heavy atom. The summed E-state index contributed by atoms with van der Waals surface area (Å²) in [5.74, 6) is 0.319. The van der Waals surface area contributed by atoms with Crippen molar-refractivity contribution in [2.75, 3.05) is 6.61 Å². The van der Waals surface area contributed by atoms with Gasteiger partial charge < -0.3 is 16.2 Å². The molecule has 94 valence electrons. The van der Waals surface area contributed by atoms with E-state index in [9.17, 15) is 4.39 Å². The summed E-state index contributed by atoms with van der Waals surface area (Å²) in [5, 5.41) is 0. The quantitative estimate of drug-likeness (QED) is 0.843. The van der Waals surface area contributed by atoms with Crippen LogP contribution in [-0.4, -0.2) is 12.6 Å². The Hall–Kier alpha value is -1.13. The standard InChI is InChI=1S/C13H19FN2O/c1-2-17-12-4-3-8(7-11(12)14)13(16)9-5-10(15)6-9/h3-4,7,9-10,13H,2,5-6,15-16H2,1H3. The van der Waals surface area contributed by atoms with Crippen molar-refractivity contribution in [2.24, 2.45) is 17.4 Å². The molecule has 4 heteroatoms. The van der Waals surface area contributed by atoms with Gasteiger partial charge in [0.15, 0.2) is 11.6 Å². The van der Waals surface area contributed by atoms with Crippen molar-refractivity contribution < 1.29 is 9.13 Å². The second kappa shape index (κ2) is 5.02. The van der Waals surface area contributed by atoms with E-state index in [1.807, 2.05) is 13.0 Å². The lowest BCUT2D eigenvalue weighted by Gasteiger charge is -2.37. The summed E-state index contributed by atoms with van der Waals surface area (Å²) >= 11 is 0. The smallest absolute Gasteiger partial charge is 0.165 e. The highest BCUT2D eigenvalue weighted by molar-refractivity contribution is 5.31. The van der Waals surface area contributed by atoms with Gasteiger partial charge in [-0.2, -0.15) is 0 Å². The van der Waals surface area contributed by atoms with Crippen LogP contribution in [0.3, 0.4) is 0 Å². The minimum absolute atomic E-state index is 0.125. The Labute approximate surface area is 101 Å². The van der Waals surface area contributed by atoms with Crippen molar-refractivity contribution in [2.45, 2.75) is 31.8 Å². The third-order valence-corrected chi connectivity index (χ3v) is 3.36. The van der Waals surface area contributed by atoms with Crippen molar-refractivity contribution >= 4 is 0 Å². The fourth-order valence-electron chi connectivity index (χ4n) is 2.27. The van der Waals surface area contributed by atoms with E-state index >= 15 is 0 Å². The lowest BCUT2D eigenvalue weighted by Crippen LogP contribution is -2.41. The van der Waals surface area contributed by atoms with E-state index in [1.165, 1.54) is 6.07 Å². The Morgan fingerprint density at radius 3 is 2.71 bits per heavy atom. The molecular formula is C13H19FN2O. The molecule has 0 aliphatic heterocycles. The van der Waals surface area contributed by atoms with Gasteiger partial charge in [-0.25, -0.2) is 4.39 Å². The molecule has 1 aliphatic rings. The molecule has 3 nitrogen and oxygen atoms in total. The fourth-order valence-corrected chi connectivity index (χ4v) is 2.27. The van der Waals surface area contributed by atoms with Gasteiger partial charge in [0.05, 0.1) is 6.61 Å². The van der Waals surface area contributed by atoms with Gasteiger partial charge in [0, 0.05) is 12.1 Å². The molecule has 1 aromatic rings. The van der Waals surface area contributed by atoms with Crippen molar-refractivity contribution in [3.63, 3.8) is 0 Å². The van der Waals surface area contributed by atoms with Crippen molar-refractivity contribution in [3.05, 3.63) is 29.6 Å². The SMILES string of the molecule is CCOc1ccc(C(N)C2CC(N)C2)cc1F. The monoisotopic (exact) mass is 238 g/mol. The molecule has 1 aromatic carbocycles. The highest BCUT2D eigenvalue weighted by Gasteiger charge is 2.31. The normalized spacial score (nSPS) is 25.2. The zero-order valence-corrected chi connectivity index (χ0v) is 10.0. The molecule has 0 saturated heterocycles. The lowest BCUT2D eigenvalue weighted by atomic mass is 9.74. The van der Waals surface area contributed by atoms with Gasteiger partial charge in [-0.15, -0.1) is 0 Å². The second-order valence-corrected chi connectivity index (χ2v) is 4.64. The second-order valence-electron chi connectivity index (χ2n) is 4.64. The van der Waals surface area contributed by atoms with Crippen LogP contribution >= 0.6 is 0 Å². The minimum Gasteiger partial charge on any atom is -0.491 e. The maximum absolute atomic E-state index is 13.7. The predicted octanol–water partition coefficient (Wildman–Crippen LogP) is 1.96. The Morgan fingerprint density at radius 1 is 1.47 bits per heavy atom. The summed E-state index contributed by atoms with van der Waals surface area (Å²) in [7, 11) is 0. The van der Waals surface area contributed by atoms with E-state index in [-0.39, 0.29) is 23.7 Å². The number of ether oxygens (including phenoxy) is 1. The Bertz CT molecular complexity index is 391. The van der Waals surface area contributed by atoms with E-state index in [4.69, 9.17) is 16.2 Å². The highest BCUT2D eigenvalue weighted by Crippen LogP contribution is 2.36. The Kier molecular flexibility index (Phi) is 3.64. The summed E-state index contributed by atoms with van der Waals surface area (Å²) in [5.41, 5.74) is 12.6. The predicted molar refractivity (Wildman–Crippen MR) is 65.2 cm³/mol. The third-order valence-electron chi connectivity index (χ3n) is 3.36. The molecule has 0 bridgehead atoms. The van der Waals surface area contributed by atoms with Gasteiger partial charge >= 0.3 is 0 Å². The van der Waals surface area contributed by atoms with E-state index in [0.717, 1.165) is 18.4 Å². The molecule has 0 heterocycles. The third kappa shape index (κ3) is 2.58. The summed E-state index contributed by atoms with van der Waals surface area (Å²) < 4.78 is 18.8. The number of nitrogens with two attached hydrogens (primary N) is 2. The first-order chi connectivity index (χ1) is 8.11. The van der Waals surface area contributed by atoms with Crippen LogP contribution in [0.25, 0.3) is 0 Å². The average molecular weight is 238 g/mol. The van der Waals surface area contributed by atoms with Crippen molar-refractivity contribution in [1.29, 1.82) is 0 Å². The lowest BCUT2D eigenvalue weighted by molar-refractivity contribution is 0.223. The molecule has 1 aliphatic carbocycles. The van der Waals surface area contributed by atoms with Crippen LogP contribution in [0.1, 0.15) is 31.4 Å². The van der Waals surface area contributed by atoms with Crippen LogP contribution in [0.2, 0.25) is 0 Å². The van der Waals surface area contributed by atoms with Gasteiger partial charge in [-0.05, 0) is 43.4 Å². The molecule has 0 amide bonds. The average Bonchev–Trinajstić information content (AvgIpc) is 2.27. The topological polar surface area (TPSA) is 61.3 Å². The molecule has 0 radical (unpaired) electrons. The number of benzene rings is 1. The van der Waals surface area contributed by atoms with E-state index < -0.39 is 0 Å². The first kappa shape index (κ1) is 12.3. The summed E-state index contributed by atoms with van der Waals surface area (Å²) in [6, 6.07) is 5.09. The molecule has 0 aromatic heterocycles. The summed E-state index contributed by atoms with van der Waals surface area (Å²) in [4.78, 5) is 0. The van der Waals surface area contributed by atoms with Gasteiger partial charge in [-0.3, -0.25) is 0 Å². The van der Waals surface area contributed by atoms with E-state index in [2.05, 4.69) is 0 Å². The fraction of sp³-hybridized carbons (Fsp3) is 0.538. The molecule has 2 rings (SSSR count). The molecule has 4 N–H and O–H groups in total. The number of rotatable bonds is 4. The maximum atomic E-state index is 13.7. The largest absolute Gasteiger partial charge is 0.491 e. The minimum atomic E-state index is -0.344. The van der Waals surface area contributed by atoms with Crippen LogP contribution in [0, 0.1) is 11.7 Å². The molecule has 1 unspecified atom stereocenters. The van der Waals surface area contributed by atoms with Crippen LogP contribution in [0.15, 0.2) is 18.2 Å². The van der Waals surface area contributed by atoms with Gasteiger partial charge in [0.2, 0.25) is 0 Å². The number of hydrogen-bond acceptors (Lipinski definition) is 3. The van der Waals surface area contributed by atoms with Crippen LogP contribution in [0.5, 0.6) is 5.75 Å². The molecule has 1 atom stereocenters. The van der Waals surface area contributed by atoms with Crippen LogP contribution in [0.4, 0.5) is 4.39 Å². The zero-order chi connectivity index (χ0) is 12.4. The van der Waals surface area contributed by atoms with Crippen LogP contribution in [-0.2, 0) is 0 Å². The molecule has 1 fully saturated rings. The maximum Gasteiger partial charge on any atom is 0.165 e. The van der Waals surface area contributed by atoms with Gasteiger partial charge in [-0.1, -0.05) is 6.07 Å². The van der Waals surface area contributed by atoms with Gasteiger partial charge in [0.25, 0.3) is 0 Å². The number of halogens is 1. The van der Waals surface area contributed by atoms with E-state index in [1.54, 1.807) is 6.07 Å². The number of hydrogen-bond donors (Lipinski definition) is 2. The van der Waals surface area contributed by atoms with Gasteiger partial charge in [0.1, 0.15) is 0 Å². The highest BCUT2D eigenvalue weighted by atomic mass is 19.1. The first-order valence-electron chi connectivity index (χ1n) is 6.05. The summed E-state index contributed by atoms with van der Waals surface area (Å²) in [6.45, 7) is 2.29. The van der Waals surface area contributed by atoms with Crippen LogP contribution < -0.4 is 16.2 Å². The molecule has 17 heavy (non-hydrogen) atoms.